The maximum absolute atomic E-state index is 10.3. The summed E-state index contributed by atoms with van der Waals surface area (Å²) in [6.07, 6.45) is -1.50. The van der Waals surface area contributed by atoms with Crippen molar-refractivity contribution in [3.8, 4) is 0 Å². The van der Waals surface area contributed by atoms with Crippen molar-refractivity contribution >= 4 is 29.2 Å². The van der Waals surface area contributed by atoms with Crippen LogP contribution in [0.5, 0.6) is 0 Å². The van der Waals surface area contributed by atoms with E-state index in [1.807, 2.05) is 0 Å². The summed E-state index contributed by atoms with van der Waals surface area (Å²) in [4.78, 5) is 14.0. The largest absolute Gasteiger partial charge is 0.479 e. The van der Waals surface area contributed by atoms with E-state index in [1.54, 1.807) is 0 Å². The van der Waals surface area contributed by atoms with E-state index < -0.39 is 12.1 Å². The Labute approximate surface area is 90.1 Å². The summed E-state index contributed by atoms with van der Waals surface area (Å²) in [5.41, 5.74) is 0.532. The molecule has 0 aliphatic rings. The zero-order valence-electron chi connectivity index (χ0n) is 6.94. The smallest absolute Gasteiger partial charge is 0.332 e. The van der Waals surface area contributed by atoms with Crippen molar-refractivity contribution in [1.29, 1.82) is 0 Å². The first-order chi connectivity index (χ1) is 6.49. The molecular formula is C8H7Cl2NO3. The zero-order chi connectivity index (χ0) is 10.7. The van der Waals surface area contributed by atoms with Gasteiger partial charge in [-0.3, -0.25) is 0 Å². The molecule has 0 fully saturated rings. The standard InChI is InChI=1S/C8H7Cl2NO3/c9-6-2-4(3-7(10)11-6)1-5(12)8(13)14/h2-3,5,12H,1H2,(H,13,14). The summed E-state index contributed by atoms with van der Waals surface area (Å²) in [5.74, 6) is -1.28. The van der Waals surface area contributed by atoms with Crippen LogP contribution in [-0.2, 0) is 11.2 Å². The molecule has 0 saturated heterocycles. The normalized spacial score (nSPS) is 12.5. The third-order valence-electron chi connectivity index (χ3n) is 1.54. The van der Waals surface area contributed by atoms with Crippen molar-refractivity contribution in [2.24, 2.45) is 0 Å². The minimum atomic E-state index is -1.45. The summed E-state index contributed by atoms with van der Waals surface area (Å²) in [5, 5.41) is 17.8. The maximum atomic E-state index is 10.3. The highest BCUT2D eigenvalue weighted by atomic mass is 35.5. The Morgan fingerprint density at radius 2 is 1.93 bits per heavy atom. The molecule has 1 heterocycles. The molecule has 0 aliphatic carbocycles. The number of aliphatic hydroxyl groups excluding tert-OH is 1. The van der Waals surface area contributed by atoms with Crippen molar-refractivity contribution < 1.29 is 15.0 Å². The molecule has 0 spiro atoms. The molecule has 0 radical (unpaired) electrons. The third kappa shape index (κ3) is 3.14. The lowest BCUT2D eigenvalue weighted by molar-refractivity contribution is -0.146. The highest BCUT2D eigenvalue weighted by molar-refractivity contribution is 6.32. The number of carboxylic acid groups (broad SMARTS) is 1. The lowest BCUT2D eigenvalue weighted by atomic mass is 10.1. The van der Waals surface area contributed by atoms with Crippen LogP contribution in [0.1, 0.15) is 5.56 Å². The summed E-state index contributed by atoms with van der Waals surface area (Å²) in [7, 11) is 0. The van der Waals surface area contributed by atoms with Gasteiger partial charge in [0.05, 0.1) is 0 Å². The van der Waals surface area contributed by atoms with Gasteiger partial charge in [-0.15, -0.1) is 0 Å². The van der Waals surface area contributed by atoms with Gasteiger partial charge in [0.25, 0.3) is 0 Å². The molecule has 0 aromatic carbocycles. The Morgan fingerprint density at radius 1 is 1.43 bits per heavy atom. The summed E-state index contributed by atoms with van der Waals surface area (Å²) < 4.78 is 0. The van der Waals surface area contributed by atoms with Crippen LogP contribution in [-0.4, -0.2) is 27.3 Å². The van der Waals surface area contributed by atoms with Gasteiger partial charge < -0.3 is 10.2 Å². The van der Waals surface area contributed by atoms with E-state index in [2.05, 4.69) is 4.98 Å². The molecule has 76 valence electrons. The molecule has 0 bridgehead atoms. The second kappa shape index (κ2) is 4.59. The fourth-order valence-corrected chi connectivity index (χ4v) is 1.45. The Balaban J connectivity index is 2.81. The van der Waals surface area contributed by atoms with Gasteiger partial charge in [0.15, 0.2) is 6.10 Å². The molecule has 0 amide bonds. The van der Waals surface area contributed by atoms with Gasteiger partial charge in [0, 0.05) is 6.42 Å². The Bertz CT molecular complexity index is 336. The van der Waals surface area contributed by atoms with E-state index in [0.29, 0.717) is 5.56 Å². The van der Waals surface area contributed by atoms with Gasteiger partial charge in [-0.05, 0) is 17.7 Å². The van der Waals surface area contributed by atoms with Crippen LogP contribution in [0.3, 0.4) is 0 Å². The average Bonchev–Trinajstić information content (AvgIpc) is 2.01. The number of aliphatic carboxylic acids is 1. The predicted molar refractivity (Wildman–Crippen MR) is 51.6 cm³/mol. The molecule has 6 heteroatoms. The number of rotatable bonds is 3. The zero-order valence-corrected chi connectivity index (χ0v) is 8.46. The van der Waals surface area contributed by atoms with E-state index >= 15 is 0 Å². The first-order valence-corrected chi connectivity index (χ1v) is 4.47. The van der Waals surface area contributed by atoms with Crippen LogP contribution in [0, 0.1) is 0 Å². The second-order valence-corrected chi connectivity index (χ2v) is 3.45. The molecule has 0 aliphatic heterocycles. The topological polar surface area (TPSA) is 70.4 Å². The van der Waals surface area contributed by atoms with Crippen LogP contribution in [0.2, 0.25) is 10.3 Å². The molecule has 1 rings (SSSR count). The van der Waals surface area contributed by atoms with Crippen LogP contribution in [0.15, 0.2) is 12.1 Å². The van der Waals surface area contributed by atoms with E-state index in [0.717, 1.165) is 0 Å². The number of aliphatic hydroxyl groups is 1. The number of nitrogens with zero attached hydrogens (tertiary/aromatic N) is 1. The van der Waals surface area contributed by atoms with Gasteiger partial charge in [-0.2, -0.15) is 0 Å². The fraction of sp³-hybridized carbons (Fsp3) is 0.250. The van der Waals surface area contributed by atoms with Crippen molar-refractivity contribution in [3.63, 3.8) is 0 Å². The molecule has 1 unspecified atom stereocenters. The highest BCUT2D eigenvalue weighted by Gasteiger charge is 2.14. The van der Waals surface area contributed by atoms with Crippen LogP contribution in [0.4, 0.5) is 0 Å². The molecule has 1 aromatic heterocycles. The maximum Gasteiger partial charge on any atom is 0.332 e. The molecular weight excluding hydrogens is 229 g/mol. The number of aromatic nitrogens is 1. The SMILES string of the molecule is O=C(O)C(O)Cc1cc(Cl)nc(Cl)c1. The average molecular weight is 236 g/mol. The summed E-state index contributed by atoms with van der Waals surface area (Å²) in [6, 6.07) is 2.92. The van der Waals surface area contributed by atoms with E-state index in [-0.39, 0.29) is 16.7 Å². The lowest BCUT2D eigenvalue weighted by Crippen LogP contribution is -2.21. The number of hydrogen-bond donors (Lipinski definition) is 2. The lowest BCUT2D eigenvalue weighted by Gasteiger charge is -2.05. The van der Waals surface area contributed by atoms with Gasteiger partial charge in [-0.1, -0.05) is 23.2 Å². The van der Waals surface area contributed by atoms with E-state index in [4.69, 9.17) is 33.4 Å². The first-order valence-electron chi connectivity index (χ1n) is 3.72. The summed E-state index contributed by atoms with van der Waals surface area (Å²) >= 11 is 11.2. The van der Waals surface area contributed by atoms with Gasteiger partial charge in [-0.25, -0.2) is 9.78 Å². The van der Waals surface area contributed by atoms with Gasteiger partial charge >= 0.3 is 5.97 Å². The fourth-order valence-electron chi connectivity index (χ4n) is 0.943. The molecule has 14 heavy (non-hydrogen) atoms. The van der Waals surface area contributed by atoms with Crippen LogP contribution < -0.4 is 0 Å². The van der Waals surface area contributed by atoms with Crippen LogP contribution in [0.25, 0.3) is 0 Å². The number of pyridine rings is 1. The van der Waals surface area contributed by atoms with E-state index in [1.165, 1.54) is 12.1 Å². The second-order valence-electron chi connectivity index (χ2n) is 2.68. The number of carboxylic acids is 1. The Hall–Kier alpha value is -0.840. The predicted octanol–water partition coefficient (Wildman–Crippen LogP) is 1.38. The Kier molecular flexibility index (Phi) is 3.69. The number of carbonyl (C=O) groups is 1. The quantitative estimate of drug-likeness (QED) is 0.777. The molecule has 4 nitrogen and oxygen atoms in total. The monoisotopic (exact) mass is 235 g/mol. The van der Waals surface area contributed by atoms with Crippen molar-refractivity contribution in [1.82, 2.24) is 4.98 Å². The first kappa shape index (κ1) is 11.2. The number of halogens is 2. The van der Waals surface area contributed by atoms with Gasteiger partial charge in [0.2, 0.25) is 0 Å². The van der Waals surface area contributed by atoms with Crippen LogP contribution >= 0.6 is 23.2 Å². The molecule has 2 N–H and O–H groups in total. The molecule has 1 aromatic rings. The minimum absolute atomic E-state index is 0.0444. The minimum Gasteiger partial charge on any atom is -0.479 e. The van der Waals surface area contributed by atoms with E-state index in [9.17, 15) is 4.79 Å². The van der Waals surface area contributed by atoms with Crippen molar-refractivity contribution in [2.75, 3.05) is 0 Å². The molecule has 1 atom stereocenters. The highest BCUT2D eigenvalue weighted by Crippen LogP contribution is 2.15. The summed E-state index contributed by atoms with van der Waals surface area (Å²) in [6.45, 7) is 0. The Morgan fingerprint density at radius 3 is 2.36 bits per heavy atom. The molecule has 0 saturated carbocycles. The van der Waals surface area contributed by atoms with Gasteiger partial charge in [0.1, 0.15) is 10.3 Å². The van der Waals surface area contributed by atoms with Crippen molar-refractivity contribution in [2.45, 2.75) is 12.5 Å². The number of hydrogen-bond acceptors (Lipinski definition) is 3. The third-order valence-corrected chi connectivity index (χ3v) is 1.92. The van der Waals surface area contributed by atoms with Crippen molar-refractivity contribution in [3.05, 3.63) is 28.0 Å².